The summed E-state index contributed by atoms with van der Waals surface area (Å²) in [6.45, 7) is 2.08. The van der Waals surface area contributed by atoms with Crippen molar-refractivity contribution in [3.63, 3.8) is 0 Å². The topological polar surface area (TPSA) is 75.3 Å². The molecule has 0 aliphatic rings. The Labute approximate surface area is 148 Å². The summed E-state index contributed by atoms with van der Waals surface area (Å²) in [6, 6.07) is 10.7. The summed E-state index contributed by atoms with van der Waals surface area (Å²) in [7, 11) is -1.09. The third kappa shape index (κ3) is 5.22. The van der Waals surface area contributed by atoms with E-state index in [0.29, 0.717) is 16.0 Å². The first-order valence-corrected chi connectivity index (χ1v) is 9.20. The van der Waals surface area contributed by atoms with Crippen molar-refractivity contribution in [2.45, 2.75) is 11.8 Å². The lowest BCUT2D eigenvalue weighted by atomic mass is 10.1. The minimum atomic E-state index is -1.09. The average Bonchev–Trinajstić information content (AvgIpc) is 2.60. The molecule has 0 radical (unpaired) electrons. The van der Waals surface area contributed by atoms with Gasteiger partial charge in [-0.25, -0.2) is 4.39 Å². The maximum atomic E-state index is 13.4. The zero-order valence-corrected chi connectivity index (χ0v) is 14.8. The molecule has 1 atom stereocenters. The summed E-state index contributed by atoms with van der Waals surface area (Å²) in [5, 5.41) is 5.29. The summed E-state index contributed by atoms with van der Waals surface area (Å²) in [6.07, 6.45) is 1.57. The molecule has 2 N–H and O–H groups in total. The van der Waals surface area contributed by atoms with Crippen LogP contribution in [0, 0.1) is 12.7 Å². The maximum absolute atomic E-state index is 13.4. The van der Waals surface area contributed by atoms with Crippen LogP contribution < -0.4 is 10.6 Å². The van der Waals surface area contributed by atoms with Crippen LogP contribution in [0.2, 0.25) is 0 Å². The molecular formula is C18H19FN2O3S. The lowest BCUT2D eigenvalue weighted by Gasteiger charge is -2.08. The Morgan fingerprint density at radius 2 is 1.48 bits per heavy atom. The normalized spacial score (nSPS) is 11.6. The molecule has 0 fully saturated rings. The molecule has 2 aromatic rings. The van der Waals surface area contributed by atoms with E-state index in [1.807, 2.05) is 0 Å². The number of aryl methyl sites for hydroxylation is 1. The van der Waals surface area contributed by atoms with E-state index in [2.05, 4.69) is 10.6 Å². The van der Waals surface area contributed by atoms with Crippen LogP contribution in [0.1, 0.15) is 26.3 Å². The van der Waals surface area contributed by atoms with Gasteiger partial charge in [0.05, 0.1) is 0 Å². The standard InChI is InChI=1S/C18H19FN2O3S/c1-12-3-4-14(11-16(12)19)18(23)21-10-9-20-17(22)13-5-7-15(8-6-13)25(2)24/h3-8,11H,9-10H2,1-2H3,(H,20,22)(H,21,23). The molecule has 132 valence electrons. The first-order valence-electron chi connectivity index (χ1n) is 7.64. The molecule has 2 aromatic carbocycles. The lowest BCUT2D eigenvalue weighted by Crippen LogP contribution is -2.34. The first kappa shape index (κ1) is 18.8. The van der Waals surface area contributed by atoms with Gasteiger partial charge in [0.15, 0.2) is 0 Å². The number of halogens is 1. The fraction of sp³-hybridized carbons (Fsp3) is 0.222. The third-order valence-electron chi connectivity index (χ3n) is 3.58. The Morgan fingerprint density at radius 3 is 2.00 bits per heavy atom. The van der Waals surface area contributed by atoms with Gasteiger partial charge in [-0.2, -0.15) is 0 Å². The molecule has 2 rings (SSSR count). The SMILES string of the molecule is Cc1ccc(C(=O)NCCNC(=O)c2ccc(S(C)=O)cc2)cc1F. The summed E-state index contributed by atoms with van der Waals surface area (Å²) >= 11 is 0. The van der Waals surface area contributed by atoms with Crippen molar-refractivity contribution < 1.29 is 18.2 Å². The number of nitrogens with one attached hydrogen (secondary N) is 2. The van der Waals surface area contributed by atoms with Crippen LogP contribution in [0.3, 0.4) is 0 Å². The molecule has 25 heavy (non-hydrogen) atoms. The second-order valence-electron chi connectivity index (χ2n) is 5.45. The van der Waals surface area contributed by atoms with E-state index in [4.69, 9.17) is 0 Å². The number of carbonyl (C=O) groups is 2. The maximum Gasteiger partial charge on any atom is 0.251 e. The molecule has 0 saturated carbocycles. The van der Waals surface area contributed by atoms with Gasteiger partial charge in [0.25, 0.3) is 11.8 Å². The third-order valence-corrected chi connectivity index (χ3v) is 4.51. The van der Waals surface area contributed by atoms with Gasteiger partial charge in [0.1, 0.15) is 5.82 Å². The molecule has 2 amide bonds. The Hall–Kier alpha value is -2.54. The second-order valence-corrected chi connectivity index (χ2v) is 6.83. The molecule has 0 heterocycles. The highest BCUT2D eigenvalue weighted by Crippen LogP contribution is 2.09. The first-order chi connectivity index (χ1) is 11.9. The number of amides is 2. The predicted molar refractivity (Wildman–Crippen MR) is 94.6 cm³/mol. The molecule has 5 nitrogen and oxygen atoms in total. The van der Waals surface area contributed by atoms with Crippen molar-refractivity contribution in [3.8, 4) is 0 Å². The average molecular weight is 362 g/mol. The van der Waals surface area contributed by atoms with Crippen LogP contribution in [0.5, 0.6) is 0 Å². The monoisotopic (exact) mass is 362 g/mol. The van der Waals surface area contributed by atoms with E-state index in [1.165, 1.54) is 6.07 Å². The minimum Gasteiger partial charge on any atom is -0.350 e. The Kier molecular flexibility index (Phi) is 6.41. The van der Waals surface area contributed by atoms with Crippen LogP contribution >= 0.6 is 0 Å². The van der Waals surface area contributed by atoms with Crippen LogP contribution in [0.4, 0.5) is 4.39 Å². The van der Waals surface area contributed by atoms with Gasteiger partial charge in [-0.1, -0.05) is 6.07 Å². The van der Waals surface area contributed by atoms with Crippen molar-refractivity contribution in [1.29, 1.82) is 0 Å². The zero-order chi connectivity index (χ0) is 18.4. The Bertz CT molecular complexity index is 806. The zero-order valence-electron chi connectivity index (χ0n) is 14.0. The fourth-order valence-corrected chi connectivity index (χ4v) is 2.61. The van der Waals surface area contributed by atoms with Crippen molar-refractivity contribution in [2.75, 3.05) is 19.3 Å². The molecule has 0 aliphatic heterocycles. The van der Waals surface area contributed by atoms with E-state index < -0.39 is 22.5 Å². The van der Waals surface area contributed by atoms with Gasteiger partial charge in [0.2, 0.25) is 0 Å². The van der Waals surface area contributed by atoms with Gasteiger partial charge in [-0.05, 0) is 48.9 Å². The highest BCUT2D eigenvalue weighted by Gasteiger charge is 2.09. The quantitative estimate of drug-likeness (QED) is 0.772. The molecule has 7 heteroatoms. The van der Waals surface area contributed by atoms with Gasteiger partial charge < -0.3 is 10.6 Å². The molecule has 0 aliphatic carbocycles. The van der Waals surface area contributed by atoms with Crippen molar-refractivity contribution >= 4 is 22.6 Å². The molecule has 0 aromatic heterocycles. The predicted octanol–water partition coefficient (Wildman–Crippen LogP) is 2.03. The Balaban J connectivity index is 1.80. The van der Waals surface area contributed by atoms with Gasteiger partial charge in [-0.3, -0.25) is 13.8 Å². The highest BCUT2D eigenvalue weighted by atomic mass is 32.2. The van der Waals surface area contributed by atoms with E-state index in [9.17, 15) is 18.2 Å². The van der Waals surface area contributed by atoms with E-state index in [0.717, 1.165) is 0 Å². The largest absolute Gasteiger partial charge is 0.350 e. The molecule has 1 unspecified atom stereocenters. The summed E-state index contributed by atoms with van der Waals surface area (Å²) in [4.78, 5) is 24.5. The van der Waals surface area contributed by atoms with Crippen LogP contribution in [0.25, 0.3) is 0 Å². The number of rotatable bonds is 6. The van der Waals surface area contributed by atoms with Crippen molar-refractivity contribution in [1.82, 2.24) is 10.6 Å². The molecule has 0 bridgehead atoms. The number of hydrogen-bond donors (Lipinski definition) is 2. The summed E-state index contributed by atoms with van der Waals surface area (Å²) in [5.74, 6) is -1.12. The smallest absolute Gasteiger partial charge is 0.251 e. The minimum absolute atomic E-state index is 0.219. The molecular weight excluding hydrogens is 343 g/mol. The number of carbonyl (C=O) groups excluding carboxylic acids is 2. The van der Waals surface area contributed by atoms with Crippen LogP contribution in [-0.4, -0.2) is 35.4 Å². The van der Waals surface area contributed by atoms with Crippen molar-refractivity contribution in [2.24, 2.45) is 0 Å². The molecule has 0 saturated heterocycles. The number of benzene rings is 2. The highest BCUT2D eigenvalue weighted by molar-refractivity contribution is 7.84. The van der Waals surface area contributed by atoms with Gasteiger partial charge in [0, 0.05) is 46.2 Å². The summed E-state index contributed by atoms with van der Waals surface area (Å²) < 4.78 is 24.7. The Morgan fingerprint density at radius 1 is 0.960 bits per heavy atom. The van der Waals surface area contributed by atoms with Gasteiger partial charge in [-0.15, -0.1) is 0 Å². The van der Waals surface area contributed by atoms with Crippen LogP contribution in [0.15, 0.2) is 47.4 Å². The van der Waals surface area contributed by atoms with Crippen LogP contribution in [-0.2, 0) is 10.8 Å². The van der Waals surface area contributed by atoms with E-state index in [-0.39, 0.29) is 24.6 Å². The van der Waals surface area contributed by atoms with Crippen molar-refractivity contribution in [3.05, 3.63) is 65.0 Å². The van der Waals surface area contributed by atoms with Gasteiger partial charge >= 0.3 is 0 Å². The summed E-state index contributed by atoms with van der Waals surface area (Å²) in [5.41, 5.74) is 1.15. The molecule has 0 spiro atoms. The lowest BCUT2D eigenvalue weighted by molar-refractivity contribution is 0.0927. The fourth-order valence-electron chi connectivity index (χ4n) is 2.09. The van der Waals surface area contributed by atoms with E-state index >= 15 is 0 Å². The number of hydrogen-bond acceptors (Lipinski definition) is 3. The van der Waals surface area contributed by atoms with E-state index in [1.54, 1.807) is 49.6 Å². The second kappa shape index (κ2) is 8.53.